The van der Waals surface area contributed by atoms with Crippen LogP contribution in [-0.4, -0.2) is 22.7 Å². The van der Waals surface area contributed by atoms with Crippen LogP contribution in [0.4, 0.5) is 5.69 Å². The Hall–Kier alpha value is -2.70. The van der Waals surface area contributed by atoms with Gasteiger partial charge in [-0.3, -0.25) is 10.1 Å². The molecule has 19 heavy (non-hydrogen) atoms. The smallest absolute Gasteiger partial charge is 0.377 e. The molecule has 0 N–H and O–H groups in total. The zero-order valence-electron chi connectivity index (χ0n) is 10.0. The highest BCUT2D eigenvalue weighted by atomic mass is 16.6. The molecular formula is C12H10N2O5. The molecule has 0 aliphatic carbocycles. The zero-order chi connectivity index (χ0) is 13.8. The van der Waals surface area contributed by atoms with Crippen LogP contribution in [0, 0.1) is 10.1 Å². The number of non-ortho nitro benzene ring substituents is 1. The van der Waals surface area contributed by atoms with Crippen LogP contribution in [0.15, 0.2) is 34.9 Å². The lowest BCUT2D eigenvalue weighted by Gasteiger charge is -1.95. The molecule has 0 bridgehead atoms. The van der Waals surface area contributed by atoms with Gasteiger partial charge in [0.2, 0.25) is 5.76 Å². The Bertz CT molecular complexity index is 603. The fraction of sp³-hybridized carbons (Fsp3) is 0.167. The maximum atomic E-state index is 11.4. The number of nitrogens with zero attached hydrogens (tertiary/aromatic N) is 2. The molecule has 98 valence electrons. The van der Waals surface area contributed by atoms with Gasteiger partial charge in [-0.2, -0.15) is 0 Å². The summed E-state index contributed by atoms with van der Waals surface area (Å²) < 4.78 is 9.62. The Kier molecular flexibility index (Phi) is 3.56. The largest absolute Gasteiger partial charge is 0.460 e. The van der Waals surface area contributed by atoms with E-state index in [4.69, 9.17) is 9.26 Å². The van der Waals surface area contributed by atoms with E-state index in [2.05, 4.69) is 5.16 Å². The van der Waals surface area contributed by atoms with E-state index in [1.165, 1.54) is 30.3 Å². The molecule has 2 rings (SSSR count). The van der Waals surface area contributed by atoms with Gasteiger partial charge in [-0.05, 0) is 19.1 Å². The summed E-state index contributed by atoms with van der Waals surface area (Å²) in [6, 6.07) is 7.21. The quantitative estimate of drug-likeness (QED) is 0.477. The van der Waals surface area contributed by atoms with Crippen molar-refractivity contribution in [2.75, 3.05) is 6.61 Å². The van der Waals surface area contributed by atoms with Crippen molar-refractivity contribution in [3.05, 3.63) is 46.2 Å². The number of rotatable bonds is 4. The summed E-state index contributed by atoms with van der Waals surface area (Å²) in [5.74, 6) is -0.599. The molecule has 0 radical (unpaired) electrons. The average molecular weight is 262 g/mol. The molecule has 0 spiro atoms. The number of carbonyl (C=O) groups excluding carboxylic acids is 1. The predicted octanol–water partition coefficient (Wildman–Crippen LogP) is 2.43. The fourth-order valence-corrected chi connectivity index (χ4v) is 1.46. The third kappa shape index (κ3) is 2.76. The molecule has 2 aromatic rings. The summed E-state index contributed by atoms with van der Waals surface area (Å²) in [7, 11) is 0. The van der Waals surface area contributed by atoms with Crippen LogP contribution in [0.2, 0.25) is 0 Å². The van der Waals surface area contributed by atoms with Crippen molar-refractivity contribution < 1.29 is 19.0 Å². The molecule has 0 aliphatic heterocycles. The highest BCUT2D eigenvalue weighted by Crippen LogP contribution is 2.22. The number of aromatic nitrogens is 1. The van der Waals surface area contributed by atoms with E-state index in [1.54, 1.807) is 6.92 Å². The number of esters is 1. The van der Waals surface area contributed by atoms with Crippen molar-refractivity contribution in [3.8, 4) is 11.3 Å². The Morgan fingerprint density at radius 3 is 2.68 bits per heavy atom. The summed E-state index contributed by atoms with van der Waals surface area (Å²) in [4.78, 5) is 21.4. The van der Waals surface area contributed by atoms with Crippen molar-refractivity contribution in [2.24, 2.45) is 0 Å². The Morgan fingerprint density at radius 1 is 1.42 bits per heavy atom. The minimum absolute atomic E-state index is 0.00444. The fourth-order valence-electron chi connectivity index (χ4n) is 1.46. The lowest BCUT2D eigenvalue weighted by atomic mass is 10.1. The molecule has 1 aromatic carbocycles. The first kappa shape index (κ1) is 12.7. The van der Waals surface area contributed by atoms with Crippen LogP contribution in [0.25, 0.3) is 11.3 Å². The number of nitro groups is 1. The van der Waals surface area contributed by atoms with Crippen molar-refractivity contribution >= 4 is 11.7 Å². The number of nitro benzene ring substituents is 1. The molecule has 0 saturated carbocycles. The number of hydrogen-bond acceptors (Lipinski definition) is 6. The Morgan fingerprint density at radius 2 is 2.11 bits per heavy atom. The summed E-state index contributed by atoms with van der Waals surface area (Å²) in [5.41, 5.74) is 1.01. The number of ether oxygens (including phenoxy) is 1. The van der Waals surface area contributed by atoms with Crippen LogP contribution in [0.1, 0.15) is 17.5 Å². The molecule has 0 aliphatic rings. The molecule has 0 saturated heterocycles. The second-order valence-corrected chi connectivity index (χ2v) is 3.60. The van der Waals surface area contributed by atoms with Gasteiger partial charge in [0.15, 0.2) is 0 Å². The van der Waals surface area contributed by atoms with Crippen molar-refractivity contribution in [1.29, 1.82) is 0 Å². The third-order valence-corrected chi connectivity index (χ3v) is 2.36. The highest BCUT2D eigenvalue weighted by Gasteiger charge is 2.15. The van der Waals surface area contributed by atoms with E-state index in [9.17, 15) is 14.9 Å². The van der Waals surface area contributed by atoms with Gasteiger partial charge in [-0.15, -0.1) is 0 Å². The topological polar surface area (TPSA) is 95.5 Å². The maximum absolute atomic E-state index is 11.4. The van der Waals surface area contributed by atoms with Gasteiger partial charge >= 0.3 is 5.97 Å². The average Bonchev–Trinajstić information content (AvgIpc) is 2.89. The Balaban J connectivity index is 2.23. The first-order chi connectivity index (χ1) is 9.11. The molecule has 0 amide bonds. The van der Waals surface area contributed by atoms with E-state index in [0.717, 1.165) is 0 Å². The van der Waals surface area contributed by atoms with Gasteiger partial charge in [-0.1, -0.05) is 5.16 Å². The number of benzene rings is 1. The van der Waals surface area contributed by atoms with Crippen LogP contribution in [-0.2, 0) is 4.74 Å². The molecule has 0 unspecified atom stereocenters. The molecule has 1 heterocycles. The monoisotopic (exact) mass is 262 g/mol. The lowest BCUT2D eigenvalue weighted by Crippen LogP contribution is -2.02. The van der Waals surface area contributed by atoms with Gasteiger partial charge < -0.3 is 9.26 Å². The maximum Gasteiger partial charge on any atom is 0.377 e. The minimum atomic E-state index is -0.594. The van der Waals surface area contributed by atoms with Gasteiger partial charge in [0.1, 0.15) is 5.69 Å². The summed E-state index contributed by atoms with van der Waals surface area (Å²) in [6.07, 6.45) is 0. The van der Waals surface area contributed by atoms with E-state index >= 15 is 0 Å². The van der Waals surface area contributed by atoms with Crippen molar-refractivity contribution in [2.45, 2.75) is 6.92 Å². The van der Waals surface area contributed by atoms with Crippen LogP contribution in [0.5, 0.6) is 0 Å². The molecule has 7 heteroatoms. The van der Waals surface area contributed by atoms with Crippen molar-refractivity contribution in [1.82, 2.24) is 5.16 Å². The molecule has 0 atom stereocenters. The van der Waals surface area contributed by atoms with Crippen LogP contribution in [0.3, 0.4) is 0 Å². The van der Waals surface area contributed by atoms with E-state index < -0.39 is 10.9 Å². The molecule has 1 aromatic heterocycles. The van der Waals surface area contributed by atoms with Gasteiger partial charge in [0, 0.05) is 23.8 Å². The van der Waals surface area contributed by atoms with Gasteiger partial charge in [0.25, 0.3) is 5.69 Å². The molecule has 7 nitrogen and oxygen atoms in total. The minimum Gasteiger partial charge on any atom is -0.460 e. The second-order valence-electron chi connectivity index (χ2n) is 3.60. The highest BCUT2D eigenvalue weighted by molar-refractivity contribution is 5.87. The second kappa shape index (κ2) is 5.30. The third-order valence-electron chi connectivity index (χ3n) is 2.36. The van der Waals surface area contributed by atoms with Crippen molar-refractivity contribution in [3.63, 3.8) is 0 Å². The first-order valence-corrected chi connectivity index (χ1v) is 5.50. The summed E-state index contributed by atoms with van der Waals surface area (Å²) in [6.45, 7) is 1.93. The normalized spacial score (nSPS) is 10.2. The number of hydrogen-bond donors (Lipinski definition) is 0. The Labute approximate surface area is 107 Å². The first-order valence-electron chi connectivity index (χ1n) is 5.50. The number of carbonyl (C=O) groups is 1. The van der Waals surface area contributed by atoms with Gasteiger partial charge in [-0.25, -0.2) is 4.79 Å². The summed E-state index contributed by atoms with van der Waals surface area (Å²) >= 11 is 0. The van der Waals surface area contributed by atoms with E-state index in [1.807, 2.05) is 0 Å². The summed E-state index contributed by atoms with van der Waals surface area (Å²) in [5, 5.41) is 14.2. The lowest BCUT2D eigenvalue weighted by molar-refractivity contribution is -0.384. The van der Waals surface area contributed by atoms with Gasteiger partial charge in [0.05, 0.1) is 11.5 Å². The standard InChI is InChI=1S/C12H10N2O5/c1-2-18-12(15)11-7-10(13-19-11)8-3-5-9(6-4-8)14(16)17/h3-7H,2H2,1H3. The molecule has 0 fully saturated rings. The predicted molar refractivity (Wildman–Crippen MR) is 64.5 cm³/mol. The molecular weight excluding hydrogens is 252 g/mol. The SMILES string of the molecule is CCOC(=O)c1cc(-c2ccc([N+](=O)[O-])cc2)no1. The van der Waals surface area contributed by atoms with Crippen LogP contribution >= 0.6 is 0 Å². The van der Waals surface area contributed by atoms with E-state index in [-0.39, 0.29) is 18.1 Å². The van der Waals surface area contributed by atoms with Crippen LogP contribution < -0.4 is 0 Å². The van der Waals surface area contributed by atoms with E-state index in [0.29, 0.717) is 11.3 Å². The zero-order valence-corrected chi connectivity index (χ0v) is 10.0.